The van der Waals surface area contributed by atoms with Crippen LogP contribution in [-0.2, 0) is 9.59 Å². The molecule has 1 heterocycles. The van der Waals surface area contributed by atoms with Crippen molar-refractivity contribution in [3.63, 3.8) is 0 Å². The van der Waals surface area contributed by atoms with E-state index in [9.17, 15) is 19.7 Å². The van der Waals surface area contributed by atoms with Gasteiger partial charge in [0.05, 0.1) is 22.9 Å². The molecule has 1 aliphatic heterocycles. The van der Waals surface area contributed by atoms with Crippen molar-refractivity contribution in [2.24, 2.45) is 5.10 Å². The third-order valence-electron chi connectivity index (χ3n) is 4.47. The quantitative estimate of drug-likeness (QED) is 0.613. The number of nitro groups is 1. The average Bonchev–Trinajstić information content (AvgIpc) is 3.18. The van der Waals surface area contributed by atoms with Gasteiger partial charge < -0.3 is 5.32 Å². The molecule has 1 aliphatic rings. The number of amides is 2. The molecule has 28 heavy (non-hydrogen) atoms. The maximum Gasteiger partial charge on any atom is 0.271 e. The Hall–Kier alpha value is -3.55. The van der Waals surface area contributed by atoms with Crippen LogP contribution in [0.4, 0.5) is 11.4 Å². The minimum absolute atomic E-state index is 0.0192. The molecule has 0 saturated carbocycles. The Kier molecular flexibility index (Phi) is 5.78. The van der Waals surface area contributed by atoms with Crippen molar-refractivity contribution >= 4 is 28.9 Å². The summed E-state index contributed by atoms with van der Waals surface area (Å²) >= 11 is 0. The number of hydrazone groups is 1. The fourth-order valence-corrected chi connectivity index (χ4v) is 2.89. The molecule has 2 aromatic carbocycles. The van der Waals surface area contributed by atoms with E-state index in [1.165, 1.54) is 17.1 Å². The molecular weight excluding hydrogens is 360 g/mol. The number of nitrogens with zero attached hydrogens (tertiary/aromatic N) is 3. The molecule has 3 rings (SSSR count). The zero-order valence-corrected chi connectivity index (χ0v) is 15.4. The highest BCUT2D eigenvalue weighted by molar-refractivity contribution is 6.02. The lowest BCUT2D eigenvalue weighted by Gasteiger charge is -2.12. The number of rotatable bonds is 6. The second-order valence-corrected chi connectivity index (χ2v) is 6.48. The van der Waals surface area contributed by atoms with Crippen molar-refractivity contribution < 1.29 is 14.5 Å². The van der Waals surface area contributed by atoms with E-state index in [1.807, 2.05) is 30.3 Å². The molecule has 0 aliphatic carbocycles. The number of nitro benzene ring substituents is 1. The Balaban J connectivity index is 1.55. The zero-order valence-electron chi connectivity index (χ0n) is 15.4. The van der Waals surface area contributed by atoms with Crippen LogP contribution in [0.2, 0.25) is 0 Å². The standard InChI is InChI=1S/C20H20N4O4/c1-14-7-8-16(24(27)28)13-18(14)21-19(25)9-10-20(26)23-12-11-17(22-23)15-5-3-2-4-6-15/h2-8,13H,9-12H2,1H3,(H,21,25). The van der Waals surface area contributed by atoms with E-state index < -0.39 is 4.92 Å². The Morgan fingerprint density at radius 3 is 2.64 bits per heavy atom. The molecule has 8 heteroatoms. The SMILES string of the molecule is Cc1ccc([N+](=O)[O-])cc1NC(=O)CCC(=O)N1CCC(c2ccccc2)=N1. The van der Waals surface area contributed by atoms with Gasteiger partial charge >= 0.3 is 0 Å². The van der Waals surface area contributed by atoms with Gasteiger partial charge in [-0.3, -0.25) is 19.7 Å². The lowest BCUT2D eigenvalue weighted by atomic mass is 10.1. The fraction of sp³-hybridized carbons (Fsp3) is 0.250. The summed E-state index contributed by atoms with van der Waals surface area (Å²) in [6.45, 7) is 2.24. The van der Waals surface area contributed by atoms with Crippen LogP contribution < -0.4 is 5.32 Å². The van der Waals surface area contributed by atoms with Gasteiger partial charge in [0.25, 0.3) is 5.69 Å². The van der Waals surface area contributed by atoms with Crippen LogP contribution >= 0.6 is 0 Å². The molecular formula is C20H20N4O4. The van der Waals surface area contributed by atoms with E-state index in [-0.39, 0.29) is 30.3 Å². The molecule has 0 saturated heterocycles. The maximum atomic E-state index is 12.3. The number of non-ortho nitro benzene ring substituents is 1. The molecule has 0 bridgehead atoms. The monoisotopic (exact) mass is 380 g/mol. The van der Waals surface area contributed by atoms with Gasteiger partial charge in [-0.25, -0.2) is 5.01 Å². The van der Waals surface area contributed by atoms with E-state index >= 15 is 0 Å². The lowest BCUT2D eigenvalue weighted by molar-refractivity contribution is -0.384. The molecule has 0 fully saturated rings. The van der Waals surface area contributed by atoms with Crippen LogP contribution in [0.5, 0.6) is 0 Å². The summed E-state index contributed by atoms with van der Waals surface area (Å²) in [7, 11) is 0. The highest BCUT2D eigenvalue weighted by Gasteiger charge is 2.22. The van der Waals surface area contributed by atoms with Crippen molar-refractivity contribution in [1.82, 2.24) is 5.01 Å². The van der Waals surface area contributed by atoms with Crippen molar-refractivity contribution in [3.05, 3.63) is 69.8 Å². The largest absolute Gasteiger partial charge is 0.326 e. The number of aryl methyl sites for hydroxylation is 1. The van der Waals surface area contributed by atoms with Crippen molar-refractivity contribution in [1.29, 1.82) is 0 Å². The molecule has 8 nitrogen and oxygen atoms in total. The Labute approximate surface area is 162 Å². The first-order valence-electron chi connectivity index (χ1n) is 8.92. The molecule has 2 aromatic rings. The number of carbonyl (C=O) groups excluding carboxylic acids is 2. The number of carbonyl (C=O) groups is 2. The summed E-state index contributed by atoms with van der Waals surface area (Å²) in [6, 6.07) is 13.9. The third-order valence-corrected chi connectivity index (χ3v) is 4.47. The minimum Gasteiger partial charge on any atom is -0.326 e. The maximum absolute atomic E-state index is 12.3. The van der Waals surface area contributed by atoms with Crippen LogP contribution in [0.1, 0.15) is 30.4 Å². The smallest absolute Gasteiger partial charge is 0.271 e. The van der Waals surface area contributed by atoms with E-state index in [4.69, 9.17) is 0 Å². The van der Waals surface area contributed by atoms with Crippen LogP contribution in [0, 0.1) is 17.0 Å². The number of hydrogen-bond donors (Lipinski definition) is 1. The minimum atomic E-state index is -0.520. The van der Waals surface area contributed by atoms with Gasteiger partial charge in [-0.05, 0) is 18.1 Å². The lowest BCUT2D eigenvalue weighted by Crippen LogP contribution is -2.25. The first-order valence-corrected chi connectivity index (χ1v) is 8.92. The molecule has 0 unspecified atom stereocenters. The van der Waals surface area contributed by atoms with Crippen molar-refractivity contribution in [2.45, 2.75) is 26.2 Å². The number of anilines is 1. The predicted molar refractivity (Wildman–Crippen MR) is 105 cm³/mol. The first kappa shape index (κ1) is 19.2. The summed E-state index contributed by atoms with van der Waals surface area (Å²) < 4.78 is 0. The van der Waals surface area contributed by atoms with Gasteiger partial charge in [-0.2, -0.15) is 5.10 Å². The first-order chi connectivity index (χ1) is 13.4. The Morgan fingerprint density at radius 2 is 1.93 bits per heavy atom. The fourth-order valence-electron chi connectivity index (χ4n) is 2.89. The van der Waals surface area contributed by atoms with E-state index in [0.717, 1.165) is 11.3 Å². The van der Waals surface area contributed by atoms with Crippen molar-refractivity contribution in [3.8, 4) is 0 Å². The normalized spacial score (nSPS) is 13.2. The molecule has 1 N–H and O–H groups in total. The topological polar surface area (TPSA) is 105 Å². The molecule has 0 atom stereocenters. The van der Waals surface area contributed by atoms with Gasteiger partial charge in [0.15, 0.2) is 0 Å². The van der Waals surface area contributed by atoms with Gasteiger partial charge in [-0.15, -0.1) is 0 Å². The molecule has 2 amide bonds. The highest BCUT2D eigenvalue weighted by Crippen LogP contribution is 2.22. The Bertz CT molecular complexity index is 940. The van der Waals surface area contributed by atoms with Crippen molar-refractivity contribution in [2.75, 3.05) is 11.9 Å². The van der Waals surface area contributed by atoms with Crippen LogP contribution in [-0.4, -0.2) is 34.0 Å². The molecule has 0 radical (unpaired) electrons. The van der Waals surface area contributed by atoms with Crippen LogP contribution in [0.3, 0.4) is 0 Å². The summed E-state index contributed by atoms with van der Waals surface area (Å²) in [4.78, 5) is 34.9. The molecule has 0 aromatic heterocycles. The second-order valence-electron chi connectivity index (χ2n) is 6.48. The van der Waals surface area contributed by atoms with Gasteiger partial charge in [0.2, 0.25) is 11.8 Å². The third kappa shape index (κ3) is 4.59. The highest BCUT2D eigenvalue weighted by atomic mass is 16.6. The summed E-state index contributed by atoms with van der Waals surface area (Å²) in [6.07, 6.45) is 0.674. The van der Waals surface area contributed by atoms with Crippen LogP contribution in [0.15, 0.2) is 53.6 Å². The average molecular weight is 380 g/mol. The summed E-state index contributed by atoms with van der Waals surface area (Å²) in [5.41, 5.74) is 2.82. The molecule has 144 valence electrons. The summed E-state index contributed by atoms with van der Waals surface area (Å²) in [5.74, 6) is -0.597. The van der Waals surface area contributed by atoms with E-state index in [0.29, 0.717) is 24.2 Å². The van der Waals surface area contributed by atoms with Gasteiger partial charge in [0, 0.05) is 31.4 Å². The predicted octanol–water partition coefficient (Wildman–Crippen LogP) is 3.26. The Morgan fingerprint density at radius 1 is 1.18 bits per heavy atom. The van der Waals surface area contributed by atoms with Gasteiger partial charge in [-0.1, -0.05) is 36.4 Å². The zero-order chi connectivity index (χ0) is 20.1. The number of benzene rings is 2. The summed E-state index contributed by atoms with van der Waals surface area (Å²) in [5, 5.41) is 19.3. The molecule has 0 spiro atoms. The second kappa shape index (κ2) is 8.43. The number of hydrogen-bond acceptors (Lipinski definition) is 5. The van der Waals surface area contributed by atoms with Crippen LogP contribution in [0.25, 0.3) is 0 Å². The van der Waals surface area contributed by atoms with E-state index in [2.05, 4.69) is 10.4 Å². The van der Waals surface area contributed by atoms with E-state index in [1.54, 1.807) is 13.0 Å². The van der Waals surface area contributed by atoms with Gasteiger partial charge in [0.1, 0.15) is 0 Å². The number of nitrogens with one attached hydrogen (secondary N) is 1.